The number of amides is 1. The lowest BCUT2D eigenvalue weighted by Crippen LogP contribution is -2.30. The first kappa shape index (κ1) is 20.8. The summed E-state index contributed by atoms with van der Waals surface area (Å²) in [6.07, 6.45) is 0. The molecule has 0 aliphatic heterocycles. The molecule has 0 heterocycles. The minimum atomic E-state index is -3.52. The Hall–Kier alpha value is -2.90. The van der Waals surface area contributed by atoms with E-state index in [0.717, 1.165) is 10.8 Å². The van der Waals surface area contributed by atoms with Crippen molar-refractivity contribution < 1.29 is 17.9 Å². The molecule has 1 amide bonds. The monoisotopic (exact) mass is 412 g/mol. The second kappa shape index (κ2) is 9.07. The lowest BCUT2D eigenvalue weighted by atomic mass is 10.1. The lowest BCUT2D eigenvalue weighted by Gasteiger charge is -2.18. The first-order valence-corrected chi connectivity index (χ1v) is 10.9. The van der Waals surface area contributed by atoms with Gasteiger partial charge in [0.25, 0.3) is 5.91 Å². The molecule has 0 saturated carbocycles. The van der Waals surface area contributed by atoms with Crippen LogP contribution in [0, 0.1) is 0 Å². The van der Waals surface area contributed by atoms with Gasteiger partial charge in [0.2, 0.25) is 10.0 Å². The van der Waals surface area contributed by atoms with Crippen molar-refractivity contribution in [3.8, 4) is 5.75 Å². The van der Waals surface area contributed by atoms with Gasteiger partial charge in [-0.1, -0.05) is 50.2 Å². The highest BCUT2D eigenvalue weighted by molar-refractivity contribution is 7.89. The SMILES string of the molecule is CCN(CC)S(=O)(=O)c1ccc(NC(=O)COc2cccc3ccccc23)cc1. The van der Waals surface area contributed by atoms with Crippen molar-refractivity contribution >= 4 is 32.4 Å². The van der Waals surface area contributed by atoms with Crippen molar-refractivity contribution in [2.45, 2.75) is 18.7 Å². The van der Waals surface area contributed by atoms with Gasteiger partial charge in [-0.05, 0) is 35.7 Å². The van der Waals surface area contributed by atoms with E-state index in [4.69, 9.17) is 4.74 Å². The Morgan fingerprint density at radius 3 is 2.28 bits per heavy atom. The number of fused-ring (bicyclic) bond motifs is 1. The van der Waals surface area contributed by atoms with Crippen molar-refractivity contribution in [1.82, 2.24) is 4.31 Å². The number of anilines is 1. The number of ether oxygens (including phenoxy) is 1. The Morgan fingerprint density at radius 1 is 0.931 bits per heavy atom. The molecular weight excluding hydrogens is 388 g/mol. The summed E-state index contributed by atoms with van der Waals surface area (Å²) in [6.45, 7) is 4.26. The van der Waals surface area contributed by atoms with Crippen LogP contribution >= 0.6 is 0 Å². The van der Waals surface area contributed by atoms with Crippen molar-refractivity contribution in [1.29, 1.82) is 0 Å². The zero-order chi connectivity index (χ0) is 20.9. The quantitative estimate of drug-likeness (QED) is 0.609. The highest BCUT2D eigenvalue weighted by Crippen LogP contribution is 2.25. The fourth-order valence-electron chi connectivity index (χ4n) is 3.08. The molecule has 29 heavy (non-hydrogen) atoms. The number of benzene rings is 3. The first-order chi connectivity index (χ1) is 14.0. The molecule has 0 aliphatic carbocycles. The van der Waals surface area contributed by atoms with Gasteiger partial charge >= 0.3 is 0 Å². The second-order valence-corrected chi connectivity index (χ2v) is 8.37. The third-order valence-electron chi connectivity index (χ3n) is 4.59. The number of nitrogens with one attached hydrogen (secondary N) is 1. The van der Waals surface area contributed by atoms with Crippen LogP contribution in [0.5, 0.6) is 5.75 Å². The fraction of sp³-hybridized carbons (Fsp3) is 0.227. The molecule has 0 unspecified atom stereocenters. The predicted molar refractivity (Wildman–Crippen MR) is 115 cm³/mol. The molecule has 0 bridgehead atoms. The van der Waals surface area contributed by atoms with Crippen LogP contribution in [0.1, 0.15) is 13.8 Å². The number of nitrogens with zero attached hydrogens (tertiary/aromatic N) is 1. The minimum Gasteiger partial charge on any atom is -0.483 e. The third-order valence-corrected chi connectivity index (χ3v) is 6.65. The van der Waals surface area contributed by atoms with Crippen LogP contribution in [0.3, 0.4) is 0 Å². The van der Waals surface area contributed by atoms with E-state index in [1.807, 2.05) is 42.5 Å². The zero-order valence-corrected chi connectivity index (χ0v) is 17.3. The zero-order valence-electron chi connectivity index (χ0n) is 16.5. The highest BCUT2D eigenvalue weighted by atomic mass is 32.2. The molecule has 7 heteroatoms. The third kappa shape index (κ3) is 4.75. The summed E-state index contributed by atoms with van der Waals surface area (Å²) < 4.78 is 32.1. The van der Waals surface area contributed by atoms with E-state index in [2.05, 4.69) is 5.32 Å². The van der Waals surface area contributed by atoms with Gasteiger partial charge in [-0.15, -0.1) is 0 Å². The molecule has 0 aliphatic rings. The largest absolute Gasteiger partial charge is 0.483 e. The van der Waals surface area contributed by atoms with E-state index in [-0.39, 0.29) is 17.4 Å². The second-order valence-electron chi connectivity index (χ2n) is 6.43. The van der Waals surface area contributed by atoms with E-state index in [9.17, 15) is 13.2 Å². The Kier molecular flexibility index (Phi) is 6.51. The van der Waals surface area contributed by atoms with E-state index in [1.54, 1.807) is 26.0 Å². The average molecular weight is 413 g/mol. The number of rotatable bonds is 8. The lowest BCUT2D eigenvalue weighted by molar-refractivity contribution is -0.118. The molecule has 152 valence electrons. The van der Waals surface area contributed by atoms with Crippen LogP contribution in [0.15, 0.2) is 71.6 Å². The van der Waals surface area contributed by atoms with Crippen LogP contribution in [0.25, 0.3) is 10.8 Å². The molecule has 0 atom stereocenters. The molecule has 0 aromatic heterocycles. The van der Waals surface area contributed by atoms with Crippen LogP contribution in [-0.2, 0) is 14.8 Å². The summed E-state index contributed by atoms with van der Waals surface area (Å²) in [7, 11) is -3.52. The summed E-state index contributed by atoms with van der Waals surface area (Å²) in [5.74, 6) is 0.316. The summed E-state index contributed by atoms with van der Waals surface area (Å²) in [6, 6.07) is 19.6. The van der Waals surface area contributed by atoms with Crippen molar-refractivity contribution in [2.75, 3.05) is 25.0 Å². The Morgan fingerprint density at radius 2 is 1.59 bits per heavy atom. The normalized spacial score (nSPS) is 11.6. The maximum atomic E-state index is 12.5. The molecule has 3 aromatic carbocycles. The molecule has 0 fully saturated rings. The predicted octanol–water partition coefficient (Wildman–Crippen LogP) is 3.89. The van der Waals surface area contributed by atoms with Crippen molar-refractivity contribution in [3.05, 3.63) is 66.7 Å². The molecule has 3 rings (SSSR count). The standard InChI is InChI=1S/C22H24N2O4S/c1-3-24(4-2)29(26,27)19-14-12-18(13-15-19)23-22(25)16-28-21-11-7-9-17-8-5-6-10-20(17)21/h5-15H,3-4,16H2,1-2H3,(H,23,25). The highest BCUT2D eigenvalue weighted by Gasteiger charge is 2.21. The van der Waals surface area contributed by atoms with Crippen LogP contribution in [0.2, 0.25) is 0 Å². The Balaban J connectivity index is 1.64. The molecule has 1 N–H and O–H groups in total. The first-order valence-electron chi connectivity index (χ1n) is 9.46. The minimum absolute atomic E-state index is 0.145. The number of hydrogen-bond acceptors (Lipinski definition) is 4. The average Bonchev–Trinajstić information content (AvgIpc) is 2.73. The van der Waals surface area contributed by atoms with Crippen LogP contribution < -0.4 is 10.1 Å². The van der Waals surface area contributed by atoms with Crippen molar-refractivity contribution in [3.63, 3.8) is 0 Å². The number of sulfonamides is 1. The topological polar surface area (TPSA) is 75.7 Å². The maximum Gasteiger partial charge on any atom is 0.262 e. The van der Waals surface area contributed by atoms with Gasteiger partial charge in [0.15, 0.2) is 6.61 Å². The van der Waals surface area contributed by atoms with Gasteiger partial charge in [0, 0.05) is 24.2 Å². The number of carbonyl (C=O) groups is 1. The summed E-state index contributed by atoms with van der Waals surface area (Å²) >= 11 is 0. The molecule has 0 radical (unpaired) electrons. The summed E-state index contributed by atoms with van der Waals surface area (Å²) in [5.41, 5.74) is 0.509. The number of carbonyl (C=O) groups excluding carboxylic acids is 1. The molecular formula is C22H24N2O4S. The van der Waals surface area contributed by atoms with E-state index in [0.29, 0.717) is 24.5 Å². The smallest absolute Gasteiger partial charge is 0.262 e. The van der Waals surface area contributed by atoms with Gasteiger partial charge in [-0.25, -0.2) is 8.42 Å². The molecule has 0 spiro atoms. The van der Waals surface area contributed by atoms with Crippen LogP contribution in [-0.4, -0.2) is 38.3 Å². The van der Waals surface area contributed by atoms with Gasteiger partial charge in [-0.3, -0.25) is 4.79 Å². The van der Waals surface area contributed by atoms with Gasteiger partial charge in [0.05, 0.1) is 4.90 Å². The summed E-state index contributed by atoms with van der Waals surface area (Å²) in [4.78, 5) is 12.4. The van der Waals surface area contributed by atoms with Crippen LogP contribution in [0.4, 0.5) is 5.69 Å². The van der Waals surface area contributed by atoms with Gasteiger partial charge < -0.3 is 10.1 Å². The molecule has 6 nitrogen and oxygen atoms in total. The van der Waals surface area contributed by atoms with Gasteiger partial charge in [-0.2, -0.15) is 4.31 Å². The van der Waals surface area contributed by atoms with Gasteiger partial charge in [0.1, 0.15) is 5.75 Å². The van der Waals surface area contributed by atoms with E-state index >= 15 is 0 Å². The fourth-order valence-corrected chi connectivity index (χ4v) is 4.54. The van der Waals surface area contributed by atoms with E-state index < -0.39 is 10.0 Å². The molecule has 3 aromatic rings. The number of hydrogen-bond donors (Lipinski definition) is 1. The van der Waals surface area contributed by atoms with E-state index in [1.165, 1.54) is 16.4 Å². The Labute approximate surface area is 171 Å². The van der Waals surface area contributed by atoms with Crippen molar-refractivity contribution in [2.24, 2.45) is 0 Å². The maximum absolute atomic E-state index is 12.5. The Bertz CT molecular complexity index is 1090. The molecule has 0 saturated heterocycles. The summed E-state index contributed by atoms with van der Waals surface area (Å²) in [5, 5.41) is 4.70.